The van der Waals surface area contributed by atoms with Crippen LogP contribution in [0.2, 0.25) is 0 Å². The molecular weight excluding hydrogens is 458 g/mol. The average Bonchev–Trinajstić information content (AvgIpc) is 3.21. The summed E-state index contributed by atoms with van der Waals surface area (Å²) in [6.45, 7) is 10.6. The number of likely N-dealkylation sites (tertiary alicyclic amines) is 1. The minimum absolute atomic E-state index is 0.0949. The molecule has 2 heterocycles. The molecule has 11 heteroatoms. The van der Waals surface area contributed by atoms with Crippen molar-refractivity contribution in [1.29, 1.82) is 0 Å². The van der Waals surface area contributed by atoms with Gasteiger partial charge < -0.3 is 29.7 Å². The number of fused-ring (bicyclic) bond motifs is 1. The van der Waals surface area contributed by atoms with E-state index in [2.05, 4.69) is 10.6 Å². The monoisotopic (exact) mass is 497 g/mol. The van der Waals surface area contributed by atoms with Gasteiger partial charge in [0.2, 0.25) is 11.8 Å². The first kappa shape index (κ1) is 28.4. The fourth-order valence-corrected chi connectivity index (χ4v) is 4.93. The Hall–Kier alpha value is -2.85. The van der Waals surface area contributed by atoms with Crippen LogP contribution in [0.3, 0.4) is 0 Å². The van der Waals surface area contributed by atoms with Crippen LogP contribution in [0, 0.1) is 23.7 Å². The second-order valence-electron chi connectivity index (χ2n) is 10.2. The summed E-state index contributed by atoms with van der Waals surface area (Å²) < 4.78 is 15.3. The van der Waals surface area contributed by atoms with Crippen LogP contribution in [0.15, 0.2) is 0 Å². The Morgan fingerprint density at radius 3 is 2.26 bits per heavy atom. The van der Waals surface area contributed by atoms with Gasteiger partial charge in [0.05, 0.1) is 32.1 Å². The van der Waals surface area contributed by atoms with Crippen molar-refractivity contribution in [1.82, 2.24) is 15.5 Å². The molecule has 2 saturated heterocycles. The third-order valence-corrected chi connectivity index (χ3v) is 6.88. The maximum atomic E-state index is 13.4. The first-order valence-corrected chi connectivity index (χ1v) is 12.1. The molecule has 7 atom stereocenters. The number of piperidine rings is 1. The number of amides is 3. The zero-order valence-electron chi connectivity index (χ0n) is 21.9. The van der Waals surface area contributed by atoms with E-state index in [4.69, 9.17) is 14.2 Å². The molecule has 0 bridgehead atoms. The number of hydrogen-bond donors (Lipinski definition) is 2. The maximum absolute atomic E-state index is 13.4. The molecule has 35 heavy (non-hydrogen) atoms. The number of methoxy groups -OCH3 is 2. The van der Waals surface area contributed by atoms with Crippen LogP contribution in [0.4, 0.5) is 4.79 Å². The Bertz CT molecular complexity index is 839. The highest BCUT2D eigenvalue weighted by atomic mass is 16.6. The fourth-order valence-electron chi connectivity index (χ4n) is 4.93. The third kappa shape index (κ3) is 6.05. The molecule has 11 nitrogen and oxygen atoms in total. The Morgan fingerprint density at radius 1 is 1.14 bits per heavy atom. The summed E-state index contributed by atoms with van der Waals surface area (Å²) >= 11 is 0. The van der Waals surface area contributed by atoms with Gasteiger partial charge in [-0.3, -0.25) is 9.59 Å². The average molecular weight is 498 g/mol. The van der Waals surface area contributed by atoms with Gasteiger partial charge in [0.1, 0.15) is 17.7 Å². The standard InChI is InChI=1S/C24H39N3O8/c1-9-12(3)16(21(30)33-7)25-19(28)14-11-27(23(32)35-24(4,5)6)18-13(10-2)17(22(31)34-8)26-20(29)15(14)18/h12-18H,9-11H2,1-8H3,(H,25,28)(H,26,29)/t12-,13-,14+,15-,16-,17-,18?/m0/s1. The Balaban J connectivity index is 2.46. The van der Waals surface area contributed by atoms with Crippen LogP contribution in [-0.4, -0.2) is 79.2 Å². The minimum atomic E-state index is -0.964. The lowest BCUT2D eigenvalue weighted by atomic mass is 9.74. The summed E-state index contributed by atoms with van der Waals surface area (Å²) in [5.74, 6) is -4.86. The zero-order chi connectivity index (χ0) is 26.7. The molecule has 0 aromatic carbocycles. The van der Waals surface area contributed by atoms with Gasteiger partial charge in [-0.25, -0.2) is 14.4 Å². The largest absolute Gasteiger partial charge is 0.467 e. The van der Waals surface area contributed by atoms with E-state index in [1.54, 1.807) is 20.8 Å². The molecule has 0 aromatic rings. The van der Waals surface area contributed by atoms with Crippen molar-refractivity contribution in [3.8, 4) is 0 Å². The lowest BCUT2D eigenvalue weighted by molar-refractivity contribution is -0.153. The van der Waals surface area contributed by atoms with Crippen LogP contribution in [0.5, 0.6) is 0 Å². The number of ether oxygens (including phenoxy) is 3. The SMILES string of the molecule is CC[C@@H]1C2[C@@H](C(=O)N[C@@H]1C(=O)OC)[C@H](C(=O)N[C@H](C(=O)OC)[C@@H](C)CC)CN2C(=O)OC(C)(C)C. The molecule has 0 saturated carbocycles. The first-order chi connectivity index (χ1) is 16.3. The highest BCUT2D eigenvalue weighted by Crippen LogP contribution is 2.41. The van der Waals surface area contributed by atoms with E-state index >= 15 is 0 Å². The van der Waals surface area contributed by atoms with Crippen LogP contribution in [-0.2, 0) is 33.4 Å². The van der Waals surface area contributed by atoms with Crippen LogP contribution in [0.25, 0.3) is 0 Å². The molecule has 198 valence electrons. The Labute approximate surface area is 206 Å². The summed E-state index contributed by atoms with van der Waals surface area (Å²) in [5, 5.41) is 5.43. The summed E-state index contributed by atoms with van der Waals surface area (Å²) in [6, 6.07) is -2.62. The van der Waals surface area contributed by atoms with Gasteiger partial charge in [0, 0.05) is 12.5 Å². The van der Waals surface area contributed by atoms with Crippen molar-refractivity contribution >= 4 is 29.8 Å². The van der Waals surface area contributed by atoms with E-state index in [9.17, 15) is 24.0 Å². The summed E-state index contributed by atoms with van der Waals surface area (Å²) in [4.78, 5) is 66.0. The highest BCUT2D eigenvalue weighted by Gasteiger charge is 2.59. The van der Waals surface area contributed by atoms with Gasteiger partial charge in [0.25, 0.3) is 0 Å². The third-order valence-electron chi connectivity index (χ3n) is 6.88. The van der Waals surface area contributed by atoms with Gasteiger partial charge in [0.15, 0.2) is 0 Å². The smallest absolute Gasteiger partial charge is 0.410 e. The number of esters is 2. The molecule has 1 unspecified atom stereocenters. The number of nitrogens with zero attached hydrogens (tertiary/aromatic N) is 1. The van der Waals surface area contributed by atoms with E-state index in [0.717, 1.165) is 0 Å². The van der Waals surface area contributed by atoms with Crippen LogP contribution in [0.1, 0.15) is 54.4 Å². The molecule has 2 aliphatic rings. The quantitative estimate of drug-likeness (QED) is 0.395. The summed E-state index contributed by atoms with van der Waals surface area (Å²) in [6.07, 6.45) is 0.373. The zero-order valence-corrected chi connectivity index (χ0v) is 21.9. The summed E-state index contributed by atoms with van der Waals surface area (Å²) in [5.41, 5.74) is -0.806. The lowest BCUT2D eigenvalue weighted by Crippen LogP contribution is -2.63. The normalized spacial score (nSPS) is 27.7. The van der Waals surface area contributed by atoms with Crippen molar-refractivity contribution in [2.45, 2.75) is 78.1 Å². The second-order valence-corrected chi connectivity index (χ2v) is 10.2. The van der Waals surface area contributed by atoms with Crippen molar-refractivity contribution in [2.24, 2.45) is 23.7 Å². The van der Waals surface area contributed by atoms with Gasteiger partial charge in [-0.05, 0) is 33.1 Å². The molecule has 2 rings (SSSR count). The molecule has 2 aliphatic heterocycles. The molecule has 0 spiro atoms. The second kappa shape index (κ2) is 11.3. The maximum Gasteiger partial charge on any atom is 0.410 e. The molecular formula is C24H39N3O8. The molecule has 2 fully saturated rings. The molecule has 3 amide bonds. The van der Waals surface area contributed by atoms with E-state index in [-0.39, 0.29) is 12.5 Å². The van der Waals surface area contributed by atoms with E-state index < -0.39 is 71.3 Å². The number of carbonyl (C=O) groups excluding carboxylic acids is 5. The number of nitrogens with one attached hydrogen (secondary N) is 2. The molecule has 2 N–H and O–H groups in total. The Kier molecular flexibility index (Phi) is 9.13. The fraction of sp³-hybridized carbons (Fsp3) is 0.792. The number of carbonyl (C=O) groups is 5. The van der Waals surface area contributed by atoms with Crippen molar-refractivity contribution in [3.63, 3.8) is 0 Å². The van der Waals surface area contributed by atoms with Crippen molar-refractivity contribution in [2.75, 3.05) is 20.8 Å². The minimum Gasteiger partial charge on any atom is -0.467 e. The van der Waals surface area contributed by atoms with E-state index in [0.29, 0.717) is 12.8 Å². The predicted molar refractivity (Wildman–Crippen MR) is 125 cm³/mol. The number of hydrogen-bond acceptors (Lipinski definition) is 8. The topological polar surface area (TPSA) is 140 Å². The molecule has 0 aliphatic carbocycles. The van der Waals surface area contributed by atoms with E-state index in [1.165, 1.54) is 19.1 Å². The van der Waals surface area contributed by atoms with E-state index in [1.807, 2.05) is 20.8 Å². The Morgan fingerprint density at radius 2 is 1.77 bits per heavy atom. The number of rotatable bonds is 7. The predicted octanol–water partition coefficient (Wildman–Crippen LogP) is 1.24. The van der Waals surface area contributed by atoms with Crippen LogP contribution < -0.4 is 10.6 Å². The van der Waals surface area contributed by atoms with Gasteiger partial charge in [-0.1, -0.05) is 27.2 Å². The highest BCUT2D eigenvalue weighted by molar-refractivity contribution is 5.95. The van der Waals surface area contributed by atoms with Gasteiger partial charge in [-0.2, -0.15) is 0 Å². The first-order valence-electron chi connectivity index (χ1n) is 12.1. The van der Waals surface area contributed by atoms with Gasteiger partial charge >= 0.3 is 18.0 Å². The van der Waals surface area contributed by atoms with Crippen molar-refractivity contribution in [3.05, 3.63) is 0 Å². The van der Waals surface area contributed by atoms with Crippen LogP contribution >= 0.6 is 0 Å². The summed E-state index contributed by atoms with van der Waals surface area (Å²) in [7, 11) is 2.47. The van der Waals surface area contributed by atoms with Gasteiger partial charge in [-0.15, -0.1) is 0 Å². The molecule has 0 radical (unpaired) electrons. The van der Waals surface area contributed by atoms with Crippen molar-refractivity contribution < 1.29 is 38.2 Å². The molecule has 0 aromatic heterocycles. The lowest BCUT2D eigenvalue weighted by Gasteiger charge is -2.42.